The molecule has 0 spiro atoms. The van der Waals surface area contributed by atoms with Gasteiger partial charge in [-0.15, -0.1) is 6.58 Å². The molecule has 9 nitrogen and oxygen atoms in total. The summed E-state index contributed by atoms with van der Waals surface area (Å²) in [7, 11) is 1.68. The van der Waals surface area contributed by atoms with E-state index in [0.29, 0.717) is 19.3 Å². The largest absolute Gasteiger partial charge is 0.351 e. The van der Waals surface area contributed by atoms with Crippen LogP contribution in [0.15, 0.2) is 36.9 Å². The molecule has 0 saturated carbocycles. The number of rotatable bonds is 10. The van der Waals surface area contributed by atoms with Crippen molar-refractivity contribution in [2.45, 2.75) is 96.4 Å². The van der Waals surface area contributed by atoms with Gasteiger partial charge in [-0.1, -0.05) is 51.1 Å². The second-order valence-corrected chi connectivity index (χ2v) is 11.8. The predicted molar refractivity (Wildman–Crippen MR) is 152 cm³/mol. The first kappa shape index (κ1) is 30.3. The molecule has 0 unspecified atom stereocenters. The molecule has 1 aliphatic heterocycles. The Labute approximate surface area is 232 Å². The molecule has 1 aromatic rings. The smallest absolute Gasteiger partial charge is 0.246 e. The number of aryl methyl sites for hydroxylation is 1. The number of benzene rings is 1. The molecule has 4 N–H and O–H groups in total. The van der Waals surface area contributed by atoms with Gasteiger partial charge in [0, 0.05) is 19.0 Å². The van der Waals surface area contributed by atoms with E-state index < -0.39 is 23.5 Å². The number of hydrogen-bond acceptors (Lipinski definition) is 5. The minimum Gasteiger partial charge on any atom is -0.351 e. The van der Waals surface area contributed by atoms with E-state index in [1.807, 2.05) is 39.0 Å². The fraction of sp³-hybridized carbons (Fsp3) is 0.600. The number of hydrogen-bond donors (Lipinski definition) is 4. The van der Waals surface area contributed by atoms with Crippen LogP contribution in [0.5, 0.6) is 0 Å². The molecule has 2 aliphatic rings. The molecule has 1 aliphatic carbocycles. The standard InChI is InChI=1S/C30H45N5O4/c1-7-8-16-25(36)32-21-17-24(28(38)33-23-15-11-13-20-12-9-10-14-22(20)23)35(18-21)29(39)26(30(3,4)5)34-27(37)19(2)31-6/h7,9-10,12,14,19,21,23-24,26,31H,1,8,11,13,15-18H2,2-6H3,(H,32,36)(H,33,38)(H,34,37)/t19-,21-,23+,24-,26+/m0/s1. The minimum absolute atomic E-state index is 0.129. The van der Waals surface area contributed by atoms with Crippen molar-refractivity contribution >= 4 is 23.6 Å². The third kappa shape index (κ3) is 7.68. The Morgan fingerprint density at radius 1 is 1.15 bits per heavy atom. The zero-order valence-corrected chi connectivity index (χ0v) is 24.0. The van der Waals surface area contributed by atoms with Crippen molar-refractivity contribution in [1.29, 1.82) is 0 Å². The van der Waals surface area contributed by atoms with Gasteiger partial charge in [-0.2, -0.15) is 0 Å². The summed E-state index contributed by atoms with van der Waals surface area (Å²) >= 11 is 0. The molecule has 4 amide bonds. The summed E-state index contributed by atoms with van der Waals surface area (Å²) in [6.07, 6.45) is 5.62. The number of carbonyl (C=O) groups excluding carboxylic acids is 4. The lowest BCUT2D eigenvalue weighted by atomic mass is 9.85. The molecule has 39 heavy (non-hydrogen) atoms. The van der Waals surface area contributed by atoms with Gasteiger partial charge in [0.05, 0.1) is 12.1 Å². The Balaban J connectivity index is 1.85. The predicted octanol–water partition coefficient (Wildman–Crippen LogP) is 2.37. The van der Waals surface area contributed by atoms with Gasteiger partial charge in [-0.3, -0.25) is 19.2 Å². The average molecular weight is 540 g/mol. The number of allylic oxidation sites excluding steroid dienone is 1. The lowest BCUT2D eigenvalue weighted by Gasteiger charge is -2.36. The second-order valence-electron chi connectivity index (χ2n) is 11.8. The zero-order chi connectivity index (χ0) is 28.7. The third-order valence-corrected chi connectivity index (χ3v) is 7.74. The highest BCUT2D eigenvalue weighted by atomic mass is 16.2. The van der Waals surface area contributed by atoms with Crippen molar-refractivity contribution < 1.29 is 19.2 Å². The molecule has 5 atom stereocenters. The summed E-state index contributed by atoms with van der Waals surface area (Å²) in [6.45, 7) is 11.2. The highest BCUT2D eigenvalue weighted by Gasteiger charge is 2.45. The maximum Gasteiger partial charge on any atom is 0.246 e. The Kier molecular flexibility index (Phi) is 10.3. The molecule has 1 saturated heterocycles. The van der Waals surface area contributed by atoms with E-state index in [-0.39, 0.29) is 42.3 Å². The third-order valence-electron chi connectivity index (χ3n) is 7.74. The lowest BCUT2D eigenvalue weighted by Crippen LogP contribution is -2.59. The van der Waals surface area contributed by atoms with Gasteiger partial charge in [0.1, 0.15) is 12.1 Å². The SMILES string of the molecule is C=CCCC(=O)N[C@H]1C[C@@H](C(=O)N[C@@H]2CCCc3ccccc32)N(C(=O)[C@@H](NC(=O)[C@H](C)NC)C(C)(C)C)C1. The Morgan fingerprint density at radius 3 is 2.54 bits per heavy atom. The van der Waals surface area contributed by atoms with E-state index in [9.17, 15) is 19.2 Å². The summed E-state index contributed by atoms with van der Waals surface area (Å²) in [5.74, 6) is -1.00. The van der Waals surface area contributed by atoms with E-state index >= 15 is 0 Å². The second kappa shape index (κ2) is 13.2. The van der Waals surface area contributed by atoms with Crippen LogP contribution in [0.2, 0.25) is 0 Å². The summed E-state index contributed by atoms with van der Waals surface area (Å²) < 4.78 is 0. The summed E-state index contributed by atoms with van der Waals surface area (Å²) in [5.41, 5.74) is 1.74. The molecule has 0 aromatic heterocycles. The van der Waals surface area contributed by atoms with Crippen LogP contribution >= 0.6 is 0 Å². The van der Waals surface area contributed by atoms with Gasteiger partial charge >= 0.3 is 0 Å². The minimum atomic E-state index is -0.846. The molecule has 0 radical (unpaired) electrons. The Hall–Kier alpha value is -3.20. The van der Waals surface area contributed by atoms with Crippen LogP contribution < -0.4 is 21.3 Å². The first-order valence-corrected chi connectivity index (χ1v) is 14.0. The monoisotopic (exact) mass is 539 g/mol. The molecule has 1 aromatic carbocycles. The van der Waals surface area contributed by atoms with E-state index in [0.717, 1.165) is 24.8 Å². The summed E-state index contributed by atoms with van der Waals surface area (Å²) in [5, 5.41) is 12.0. The Morgan fingerprint density at radius 2 is 1.87 bits per heavy atom. The van der Waals surface area contributed by atoms with Crippen LogP contribution in [-0.4, -0.2) is 66.3 Å². The van der Waals surface area contributed by atoms with E-state index in [1.54, 1.807) is 24.9 Å². The first-order chi connectivity index (χ1) is 18.5. The van der Waals surface area contributed by atoms with Crippen molar-refractivity contribution in [2.75, 3.05) is 13.6 Å². The van der Waals surface area contributed by atoms with Gasteiger partial charge in [0.15, 0.2) is 0 Å². The van der Waals surface area contributed by atoms with Crippen LogP contribution in [-0.2, 0) is 25.6 Å². The fourth-order valence-electron chi connectivity index (χ4n) is 5.35. The molecule has 1 heterocycles. The topological polar surface area (TPSA) is 120 Å². The van der Waals surface area contributed by atoms with Crippen molar-refractivity contribution in [3.8, 4) is 0 Å². The highest BCUT2D eigenvalue weighted by Crippen LogP contribution is 2.31. The quantitative estimate of drug-likeness (QED) is 0.341. The molecule has 214 valence electrons. The number of likely N-dealkylation sites (tertiary alicyclic amines) is 1. The fourth-order valence-corrected chi connectivity index (χ4v) is 5.35. The van der Waals surface area contributed by atoms with Crippen molar-refractivity contribution in [2.24, 2.45) is 5.41 Å². The number of likely N-dealkylation sites (N-methyl/N-ethyl adjacent to an activating group) is 1. The van der Waals surface area contributed by atoms with E-state index in [4.69, 9.17) is 0 Å². The maximum atomic E-state index is 14.0. The highest BCUT2D eigenvalue weighted by molar-refractivity contribution is 5.94. The molecular formula is C30H45N5O4. The number of nitrogens with zero attached hydrogens (tertiary/aromatic N) is 1. The van der Waals surface area contributed by atoms with Crippen LogP contribution in [0.3, 0.4) is 0 Å². The van der Waals surface area contributed by atoms with Gasteiger partial charge < -0.3 is 26.2 Å². The number of fused-ring (bicyclic) bond motifs is 1. The number of amides is 4. The average Bonchev–Trinajstić information content (AvgIpc) is 3.32. The van der Waals surface area contributed by atoms with Gasteiger partial charge in [-0.25, -0.2) is 0 Å². The van der Waals surface area contributed by atoms with Crippen LogP contribution in [0.25, 0.3) is 0 Å². The van der Waals surface area contributed by atoms with E-state index in [2.05, 4.69) is 33.9 Å². The van der Waals surface area contributed by atoms with Crippen LogP contribution in [0.4, 0.5) is 0 Å². The number of nitrogens with one attached hydrogen (secondary N) is 4. The van der Waals surface area contributed by atoms with Crippen LogP contribution in [0.1, 0.15) is 77.0 Å². The van der Waals surface area contributed by atoms with Crippen LogP contribution in [0, 0.1) is 5.41 Å². The van der Waals surface area contributed by atoms with Gasteiger partial charge in [0.25, 0.3) is 0 Å². The summed E-state index contributed by atoms with van der Waals surface area (Å²) in [4.78, 5) is 54.6. The van der Waals surface area contributed by atoms with Crippen molar-refractivity contribution in [3.05, 3.63) is 48.0 Å². The maximum absolute atomic E-state index is 14.0. The molecule has 1 fully saturated rings. The molecule has 9 heteroatoms. The Bertz CT molecular complexity index is 1070. The molecular weight excluding hydrogens is 494 g/mol. The van der Waals surface area contributed by atoms with Crippen molar-refractivity contribution in [1.82, 2.24) is 26.2 Å². The van der Waals surface area contributed by atoms with Gasteiger partial charge in [0.2, 0.25) is 23.6 Å². The summed E-state index contributed by atoms with van der Waals surface area (Å²) in [6, 6.07) is 5.54. The van der Waals surface area contributed by atoms with Crippen molar-refractivity contribution in [3.63, 3.8) is 0 Å². The van der Waals surface area contributed by atoms with E-state index in [1.165, 1.54) is 5.56 Å². The molecule has 0 bridgehead atoms. The van der Waals surface area contributed by atoms with Gasteiger partial charge in [-0.05, 0) is 62.6 Å². The lowest BCUT2D eigenvalue weighted by molar-refractivity contribution is -0.144. The zero-order valence-electron chi connectivity index (χ0n) is 24.0. The number of carbonyl (C=O) groups is 4. The first-order valence-electron chi connectivity index (χ1n) is 14.0. The molecule has 3 rings (SSSR count). The normalized spacial score (nSPS) is 22.3.